The van der Waals surface area contributed by atoms with E-state index in [9.17, 15) is 9.59 Å². The Morgan fingerprint density at radius 1 is 1.22 bits per heavy atom. The minimum atomic E-state index is -2.26. The van der Waals surface area contributed by atoms with Gasteiger partial charge in [-0.25, -0.2) is 24.1 Å². The SMILES string of the molecule is CC(=O)O[C@@]1(C)[C@@H](COC(=O)c2ccccc2)OC(n2cnc3c(Cl)ncnc32)[C@]1(C)F. The molecular formula is C21H20ClFN4O5. The van der Waals surface area contributed by atoms with Crippen LogP contribution in [0.25, 0.3) is 11.2 Å². The van der Waals surface area contributed by atoms with E-state index in [-0.39, 0.29) is 22.9 Å². The van der Waals surface area contributed by atoms with Gasteiger partial charge in [0.1, 0.15) is 24.6 Å². The summed E-state index contributed by atoms with van der Waals surface area (Å²) in [4.78, 5) is 36.4. The fourth-order valence-electron chi connectivity index (χ4n) is 3.77. The summed E-state index contributed by atoms with van der Waals surface area (Å²) in [5.41, 5.74) is -3.21. The average molecular weight is 463 g/mol. The van der Waals surface area contributed by atoms with Gasteiger partial charge in [0.05, 0.1) is 11.9 Å². The van der Waals surface area contributed by atoms with Crippen LogP contribution in [0.2, 0.25) is 5.15 Å². The molecule has 0 spiro atoms. The van der Waals surface area contributed by atoms with Crippen molar-refractivity contribution >= 4 is 34.7 Å². The van der Waals surface area contributed by atoms with Gasteiger partial charge in [-0.2, -0.15) is 0 Å². The maximum atomic E-state index is 16.3. The van der Waals surface area contributed by atoms with E-state index in [0.717, 1.165) is 0 Å². The average Bonchev–Trinajstić information content (AvgIpc) is 3.25. The third kappa shape index (κ3) is 3.59. The Kier molecular flexibility index (Phi) is 5.59. The Hall–Kier alpha value is -3.11. The number of esters is 2. The van der Waals surface area contributed by atoms with Gasteiger partial charge >= 0.3 is 11.9 Å². The summed E-state index contributed by atoms with van der Waals surface area (Å²) in [5.74, 6) is -1.32. The van der Waals surface area contributed by atoms with E-state index in [4.69, 9.17) is 25.8 Å². The number of fused-ring (bicyclic) bond motifs is 1. The van der Waals surface area contributed by atoms with Crippen molar-refractivity contribution in [3.63, 3.8) is 0 Å². The number of aromatic nitrogens is 4. The highest BCUT2D eigenvalue weighted by atomic mass is 35.5. The number of imidazole rings is 1. The van der Waals surface area contributed by atoms with E-state index in [0.29, 0.717) is 5.56 Å². The summed E-state index contributed by atoms with van der Waals surface area (Å²) in [6.45, 7) is 3.46. The summed E-state index contributed by atoms with van der Waals surface area (Å²) >= 11 is 6.06. The van der Waals surface area contributed by atoms with Crippen LogP contribution in [0.4, 0.5) is 4.39 Å². The van der Waals surface area contributed by atoms with Gasteiger partial charge < -0.3 is 14.2 Å². The zero-order valence-corrected chi connectivity index (χ0v) is 18.2. The zero-order chi connectivity index (χ0) is 23.1. The minimum absolute atomic E-state index is 0.100. The summed E-state index contributed by atoms with van der Waals surface area (Å²) in [7, 11) is 0. The fraction of sp³-hybridized carbons (Fsp3) is 0.381. The minimum Gasteiger partial charge on any atom is -0.459 e. The molecular weight excluding hydrogens is 443 g/mol. The first kappa shape index (κ1) is 22.1. The Morgan fingerprint density at radius 3 is 2.62 bits per heavy atom. The maximum Gasteiger partial charge on any atom is 0.338 e. The topological polar surface area (TPSA) is 105 Å². The number of carbonyl (C=O) groups is 2. The van der Waals surface area contributed by atoms with Crippen LogP contribution in [0, 0.1) is 0 Å². The number of nitrogens with zero attached hydrogens (tertiary/aromatic N) is 4. The predicted octanol–water partition coefficient (Wildman–Crippen LogP) is 3.28. The second kappa shape index (κ2) is 8.10. The number of ether oxygens (including phenoxy) is 3. The van der Waals surface area contributed by atoms with E-state index in [1.54, 1.807) is 30.3 Å². The molecule has 11 heteroatoms. The van der Waals surface area contributed by atoms with Gasteiger partial charge in [-0.3, -0.25) is 9.36 Å². The molecule has 1 fully saturated rings. The number of alkyl halides is 1. The molecule has 0 radical (unpaired) electrons. The quantitative estimate of drug-likeness (QED) is 0.420. The Labute approximate surface area is 187 Å². The molecule has 0 saturated carbocycles. The van der Waals surface area contributed by atoms with Crippen LogP contribution in [0.3, 0.4) is 0 Å². The first-order valence-corrected chi connectivity index (χ1v) is 10.1. The molecule has 9 nitrogen and oxygen atoms in total. The van der Waals surface area contributed by atoms with E-state index in [2.05, 4.69) is 15.0 Å². The molecule has 2 aromatic heterocycles. The van der Waals surface area contributed by atoms with Crippen LogP contribution in [-0.4, -0.2) is 55.4 Å². The van der Waals surface area contributed by atoms with E-state index in [1.165, 1.54) is 38.0 Å². The lowest BCUT2D eigenvalue weighted by Gasteiger charge is -2.36. The van der Waals surface area contributed by atoms with Crippen molar-refractivity contribution < 1.29 is 28.2 Å². The van der Waals surface area contributed by atoms with Crippen molar-refractivity contribution in [2.45, 2.75) is 44.4 Å². The molecule has 0 bridgehead atoms. The van der Waals surface area contributed by atoms with Gasteiger partial charge in [-0.05, 0) is 26.0 Å². The molecule has 1 aromatic carbocycles. The molecule has 32 heavy (non-hydrogen) atoms. The predicted molar refractivity (Wildman–Crippen MR) is 111 cm³/mol. The van der Waals surface area contributed by atoms with Gasteiger partial charge in [0.2, 0.25) is 0 Å². The smallest absolute Gasteiger partial charge is 0.338 e. The second-order valence-corrected chi connectivity index (χ2v) is 8.06. The third-order valence-electron chi connectivity index (χ3n) is 5.64. The van der Waals surface area contributed by atoms with Crippen molar-refractivity contribution in [2.24, 2.45) is 0 Å². The molecule has 0 aliphatic carbocycles. The molecule has 4 rings (SSSR count). The van der Waals surface area contributed by atoms with Crippen molar-refractivity contribution in [1.82, 2.24) is 19.5 Å². The van der Waals surface area contributed by atoms with Crippen molar-refractivity contribution in [2.75, 3.05) is 6.61 Å². The normalized spacial score (nSPS) is 27.4. The summed E-state index contributed by atoms with van der Waals surface area (Å²) in [6.07, 6.45) is 0.120. The Bertz CT molecular complexity index is 1170. The molecule has 3 aromatic rings. The number of hydrogen-bond acceptors (Lipinski definition) is 8. The van der Waals surface area contributed by atoms with Gasteiger partial charge in [0.15, 0.2) is 28.3 Å². The number of halogens is 2. The van der Waals surface area contributed by atoms with Gasteiger partial charge in [-0.15, -0.1) is 0 Å². The molecule has 168 valence electrons. The summed E-state index contributed by atoms with van der Waals surface area (Å²) < 4.78 is 34.4. The zero-order valence-electron chi connectivity index (χ0n) is 17.5. The largest absolute Gasteiger partial charge is 0.459 e. The molecule has 3 heterocycles. The second-order valence-electron chi connectivity index (χ2n) is 7.71. The van der Waals surface area contributed by atoms with Gasteiger partial charge in [0.25, 0.3) is 0 Å². The van der Waals surface area contributed by atoms with Crippen LogP contribution >= 0.6 is 11.6 Å². The molecule has 0 amide bonds. The van der Waals surface area contributed by atoms with E-state index < -0.39 is 35.5 Å². The molecule has 1 aliphatic heterocycles. The first-order chi connectivity index (χ1) is 15.1. The lowest BCUT2D eigenvalue weighted by molar-refractivity contribution is -0.175. The lowest BCUT2D eigenvalue weighted by Crippen LogP contribution is -2.55. The standard InChI is InChI=1S/C21H20ClFN4O5/c1-12(28)32-21(3)14(9-30-18(29)13-7-5-4-6-8-13)31-19(20(21,2)23)27-11-26-15-16(22)24-10-25-17(15)27/h4-8,10-11,14,19H,9H2,1-3H3/t14-,19?,20+,21+/m1/s1. The van der Waals surface area contributed by atoms with Crippen molar-refractivity contribution in [3.05, 3.63) is 53.7 Å². The number of carbonyl (C=O) groups excluding carboxylic acids is 2. The van der Waals surface area contributed by atoms with Crippen molar-refractivity contribution in [3.8, 4) is 0 Å². The van der Waals surface area contributed by atoms with E-state index in [1.807, 2.05) is 0 Å². The molecule has 1 aliphatic rings. The Balaban J connectivity index is 1.67. The van der Waals surface area contributed by atoms with Crippen LogP contribution in [0.15, 0.2) is 43.0 Å². The highest BCUT2D eigenvalue weighted by molar-refractivity contribution is 6.33. The van der Waals surface area contributed by atoms with Crippen molar-refractivity contribution in [1.29, 1.82) is 0 Å². The maximum absolute atomic E-state index is 16.3. The number of hydrogen-bond donors (Lipinski definition) is 0. The third-order valence-corrected chi connectivity index (χ3v) is 5.92. The first-order valence-electron chi connectivity index (χ1n) is 9.74. The summed E-state index contributed by atoms with van der Waals surface area (Å²) in [6, 6.07) is 8.33. The van der Waals surface area contributed by atoms with Crippen LogP contribution in [0.1, 0.15) is 37.4 Å². The highest BCUT2D eigenvalue weighted by Gasteiger charge is 2.66. The number of rotatable bonds is 5. The highest BCUT2D eigenvalue weighted by Crippen LogP contribution is 2.51. The fourth-order valence-corrected chi connectivity index (χ4v) is 3.94. The number of benzene rings is 1. The van der Waals surface area contributed by atoms with Crippen LogP contribution in [0.5, 0.6) is 0 Å². The monoisotopic (exact) mass is 462 g/mol. The Morgan fingerprint density at radius 2 is 1.94 bits per heavy atom. The van der Waals surface area contributed by atoms with Crippen LogP contribution < -0.4 is 0 Å². The van der Waals surface area contributed by atoms with Gasteiger partial charge in [0, 0.05) is 6.92 Å². The lowest BCUT2D eigenvalue weighted by atomic mass is 9.84. The van der Waals surface area contributed by atoms with E-state index >= 15 is 4.39 Å². The molecule has 4 atom stereocenters. The summed E-state index contributed by atoms with van der Waals surface area (Å²) in [5, 5.41) is 0.100. The molecule has 1 saturated heterocycles. The van der Waals surface area contributed by atoms with Crippen LogP contribution in [-0.2, 0) is 19.0 Å². The van der Waals surface area contributed by atoms with Gasteiger partial charge in [-0.1, -0.05) is 29.8 Å². The molecule has 1 unspecified atom stereocenters. The molecule has 0 N–H and O–H groups in total.